The number of ether oxygens (including phenoxy) is 1. The van der Waals surface area contributed by atoms with E-state index in [0.717, 1.165) is 6.07 Å². The molecule has 2 aromatic rings. The first-order chi connectivity index (χ1) is 15.1. The minimum atomic E-state index is -1.37. The van der Waals surface area contributed by atoms with Crippen molar-refractivity contribution in [2.75, 3.05) is 0 Å². The minimum Gasteiger partial charge on any atom is -0.508 e. The third-order valence-corrected chi connectivity index (χ3v) is 5.17. The second-order valence-electron chi connectivity index (χ2n) is 7.29. The van der Waals surface area contributed by atoms with Gasteiger partial charge in [-0.1, -0.05) is 12.1 Å². The molecule has 0 aromatic heterocycles. The Morgan fingerprint density at radius 3 is 2.47 bits per heavy atom. The van der Waals surface area contributed by atoms with Crippen LogP contribution in [0.5, 0.6) is 11.5 Å². The number of rotatable bonds is 7. The van der Waals surface area contributed by atoms with Gasteiger partial charge in [-0.25, -0.2) is 4.79 Å². The fourth-order valence-corrected chi connectivity index (χ4v) is 3.80. The molecule has 0 radical (unpaired) electrons. The fourth-order valence-electron chi connectivity index (χ4n) is 3.80. The van der Waals surface area contributed by atoms with Crippen molar-refractivity contribution in [3.8, 4) is 11.5 Å². The van der Waals surface area contributed by atoms with Crippen molar-refractivity contribution in [2.24, 2.45) is 10.9 Å². The number of carboxylic acid groups (broad SMARTS) is 2. The summed E-state index contributed by atoms with van der Waals surface area (Å²) in [7, 11) is 0. The zero-order valence-corrected chi connectivity index (χ0v) is 17.2. The molecule has 0 saturated heterocycles. The highest BCUT2D eigenvalue weighted by Gasteiger charge is 2.43. The molecule has 2 aromatic carbocycles. The van der Waals surface area contributed by atoms with Gasteiger partial charge in [0.2, 0.25) is 0 Å². The van der Waals surface area contributed by atoms with Crippen molar-refractivity contribution < 1.29 is 34.6 Å². The topological polar surface area (TPSA) is 160 Å². The number of aliphatic carboxylic acids is 2. The molecule has 3 rings (SSSR count). The van der Waals surface area contributed by atoms with Crippen molar-refractivity contribution in [3.63, 3.8) is 0 Å². The van der Waals surface area contributed by atoms with Gasteiger partial charge in [0.1, 0.15) is 24.0 Å². The van der Waals surface area contributed by atoms with E-state index in [0.29, 0.717) is 5.56 Å². The maximum Gasteiger partial charge on any atom is 0.334 e. The molecule has 1 aliphatic heterocycles. The third kappa shape index (κ3) is 4.43. The Morgan fingerprint density at radius 1 is 1.16 bits per heavy atom. The maximum atomic E-state index is 12.1. The Labute approximate surface area is 182 Å². The normalized spacial score (nSPS) is 18.1. The molecule has 0 spiro atoms. The van der Waals surface area contributed by atoms with Gasteiger partial charge in [0.15, 0.2) is 0 Å². The first-order valence-corrected chi connectivity index (χ1v) is 9.51. The Balaban J connectivity index is 2.16. The van der Waals surface area contributed by atoms with Crippen molar-refractivity contribution in [1.82, 2.24) is 0 Å². The fraction of sp³-hybridized carbons (Fsp3) is 0.227. The number of benzene rings is 2. The quantitative estimate of drug-likeness (QED) is 0.436. The summed E-state index contributed by atoms with van der Waals surface area (Å²) < 4.78 is 5.81. The van der Waals surface area contributed by atoms with Crippen LogP contribution in [0, 0.1) is 16.0 Å². The standard InChI is InChI=1S/C22H20N2O8/c1-11-18(21(26)27)20(19(22(28)29)12(2)23-11)16-9-14(24(30)31)6-7-17(16)32-10-13-4-3-5-15(25)8-13/h3-9,18,20,25H,10H2,1-2H3,(H,26,27)(H,28,29). The molecule has 2 atom stereocenters. The van der Waals surface area contributed by atoms with Crippen LogP contribution >= 0.6 is 0 Å². The largest absolute Gasteiger partial charge is 0.508 e. The lowest BCUT2D eigenvalue weighted by Gasteiger charge is -2.30. The van der Waals surface area contributed by atoms with E-state index in [4.69, 9.17) is 4.74 Å². The summed E-state index contributed by atoms with van der Waals surface area (Å²) in [5.74, 6) is -5.19. The monoisotopic (exact) mass is 440 g/mol. The molecule has 2 unspecified atom stereocenters. The molecule has 1 heterocycles. The van der Waals surface area contributed by atoms with Crippen LogP contribution in [0.25, 0.3) is 0 Å². The van der Waals surface area contributed by atoms with Crippen molar-refractivity contribution >= 4 is 23.3 Å². The molecule has 10 heteroatoms. The van der Waals surface area contributed by atoms with Crippen LogP contribution in [-0.2, 0) is 16.2 Å². The molecule has 0 amide bonds. The van der Waals surface area contributed by atoms with E-state index in [9.17, 15) is 35.0 Å². The molecule has 3 N–H and O–H groups in total. The molecule has 32 heavy (non-hydrogen) atoms. The van der Waals surface area contributed by atoms with Crippen LogP contribution < -0.4 is 4.74 Å². The molecule has 10 nitrogen and oxygen atoms in total. The van der Waals surface area contributed by atoms with E-state index in [1.165, 1.54) is 38.1 Å². The van der Waals surface area contributed by atoms with E-state index < -0.39 is 28.7 Å². The zero-order chi connectivity index (χ0) is 23.6. The lowest BCUT2D eigenvalue weighted by molar-refractivity contribution is -0.385. The van der Waals surface area contributed by atoms with Crippen LogP contribution in [0.3, 0.4) is 0 Å². The lowest BCUT2D eigenvalue weighted by Crippen LogP contribution is -2.35. The van der Waals surface area contributed by atoms with Gasteiger partial charge >= 0.3 is 11.9 Å². The van der Waals surface area contributed by atoms with Gasteiger partial charge in [-0.3, -0.25) is 19.9 Å². The van der Waals surface area contributed by atoms with E-state index in [1.807, 2.05) is 0 Å². The highest BCUT2D eigenvalue weighted by Crippen LogP contribution is 2.44. The molecule has 0 bridgehead atoms. The number of nitrogens with zero attached hydrogens (tertiary/aromatic N) is 2. The smallest absolute Gasteiger partial charge is 0.334 e. The predicted octanol–water partition coefficient (Wildman–Crippen LogP) is 3.50. The summed E-state index contributed by atoms with van der Waals surface area (Å²) in [6.45, 7) is 2.88. The number of aromatic hydroxyl groups is 1. The van der Waals surface area contributed by atoms with Crippen LogP contribution in [0.1, 0.15) is 30.9 Å². The summed E-state index contributed by atoms with van der Waals surface area (Å²) >= 11 is 0. The van der Waals surface area contributed by atoms with Crippen LogP contribution in [-0.4, -0.2) is 37.9 Å². The van der Waals surface area contributed by atoms with Crippen LogP contribution in [0.15, 0.2) is 58.7 Å². The van der Waals surface area contributed by atoms with Crippen molar-refractivity contribution in [2.45, 2.75) is 26.4 Å². The van der Waals surface area contributed by atoms with E-state index >= 15 is 0 Å². The second-order valence-corrected chi connectivity index (χ2v) is 7.29. The minimum absolute atomic E-state index is 0.0202. The Hall–Kier alpha value is -4.21. The highest BCUT2D eigenvalue weighted by atomic mass is 16.6. The van der Waals surface area contributed by atoms with Gasteiger partial charge in [-0.05, 0) is 37.6 Å². The van der Waals surface area contributed by atoms with Gasteiger partial charge in [0.25, 0.3) is 5.69 Å². The zero-order valence-electron chi connectivity index (χ0n) is 17.2. The summed E-state index contributed by atoms with van der Waals surface area (Å²) in [4.78, 5) is 38.9. The molecular formula is C22H20N2O8. The van der Waals surface area contributed by atoms with Crippen molar-refractivity contribution in [3.05, 3.63) is 75.0 Å². The average Bonchev–Trinajstić information content (AvgIpc) is 2.70. The SMILES string of the molecule is CC1=NC(C)=C(C(=O)O)C(c2cc([N+](=O)[O-])ccc2OCc2cccc(O)c2)C1C(=O)O. The second kappa shape index (κ2) is 8.88. The molecule has 1 aliphatic rings. The third-order valence-electron chi connectivity index (χ3n) is 5.17. The number of carbonyl (C=O) groups is 2. The number of hydrogen-bond acceptors (Lipinski definition) is 7. The van der Waals surface area contributed by atoms with Gasteiger partial charge < -0.3 is 20.1 Å². The Morgan fingerprint density at radius 2 is 1.88 bits per heavy atom. The Bertz CT molecular complexity index is 1170. The number of nitro benzene ring substituents is 1. The van der Waals surface area contributed by atoms with Gasteiger partial charge in [-0.15, -0.1) is 0 Å². The van der Waals surface area contributed by atoms with Gasteiger partial charge in [-0.2, -0.15) is 0 Å². The maximum absolute atomic E-state index is 12.1. The number of nitro groups is 1. The Kier molecular flexibility index (Phi) is 6.24. The first kappa shape index (κ1) is 22.5. The molecule has 166 valence electrons. The number of phenols is 1. The van der Waals surface area contributed by atoms with E-state index in [2.05, 4.69) is 4.99 Å². The van der Waals surface area contributed by atoms with E-state index in [-0.39, 0.29) is 46.3 Å². The van der Waals surface area contributed by atoms with Crippen molar-refractivity contribution in [1.29, 1.82) is 0 Å². The molecule has 0 fully saturated rings. The molecular weight excluding hydrogens is 420 g/mol. The average molecular weight is 440 g/mol. The molecule has 0 aliphatic carbocycles. The summed E-state index contributed by atoms with van der Waals surface area (Å²) in [6, 6.07) is 9.89. The van der Waals surface area contributed by atoms with Crippen LogP contribution in [0.2, 0.25) is 0 Å². The number of non-ortho nitro benzene ring substituents is 1. The summed E-state index contributed by atoms with van der Waals surface area (Å²) in [6.07, 6.45) is 0. The first-order valence-electron chi connectivity index (χ1n) is 9.51. The molecule has 0 saturated carbocycles. The summed E-state index contributed by atoms with van der Waals surface area (Å²) in [5, 5.41) is 40.7. The summed E-state index contributed by atoms with van der Waals surface area (Å²) in [5.41, 5.74) is 0.328. The lowest BCUT2D eigenvalue weighted by atomic mass is 9.75. The highest BCUT2D eigenvalue weighted by molar-refractivity contribution is 6.06. The van der Waals surface area contributed by atoms with Gasteiger partial charge in [0.05, 0.1) is 10.5 Å². The van der Waals surface area contributed by atoms with Gasteiger partial charge in [0, 0.05) is 35.0 Å². The van der Waals surface area contributed by atoms with Crippen LogP contribution in [0.4, 0.5) is 5.69 Å². The number of aliphatic imine (C=N–C) groups is 1. The number of allylic oxidation sites excluding steroid dienone is 1. The number of carboxylic acids is 2. The van der Waals surface area contributed by atoms with E-state index in [1.54, 1.807) is 12.1 Å². The number of hydrogen-bond donors (Lipinski definition) is 3. The number of phenolic OH excluding ortho intramolecular Hbond substituents is 1. The predicted molar refractivity (Wildman–Crippen MR) is 113 cm³/mol.